The van der Waals surface area contributed by atoms with Crippen LogP contribution in [0, 0.1) is 5.41 Å². The Labute approximate surface area is 139 Å². The molecule has 0 fully saturated rings. The molecule has 0 saturated carbocycles. The van der Waals surface area contributed by atoms with Gasteiger partial charge in [0.05, 0.1) is 11.3 Å². The van der Waals surface area contributed by atoms with Crippen LogP contribution in [-0.2, 0) is 6.42 Å². The fourth-order valence-electron chi connectivity index (χ4n) is 2.86. The molecule has 0 bridgehead atoms. The molecular formula is C18H16N4O2. The first kappa shape index (κ1) is 14.7. The molecule has 24 heavy (non-hydrogen) atoms. The number of hydrogen-bond acceptors (Lipinski definition) is 6. The topological polar surface area (TPSA) is 81.8 Å². The zero-order valence-electron chi connectivity index (χ0n) is 13.5. The minimum absolute atomic E-state index is 0.143. The van der Waals surface area contributed by atoms with E-state index in [1.54, 1.807) is 18.5 Å². The maximum absolute atomic E-state index is 12.5. The van der Waals surface area contributed by atoms with Crippen molar-refractivity contribution in [2.45, 2.75) is 26.7 Å². The SMILES string of the molecule is CC1(C)CCc2nc(-c3nnc(-c4cccnc4)o3)ccc2C1=O. The van der Waals surface area contributed by atoms with E-state index in [4.69, 9.17) is 4.42 Å². The van der Waals surface area contributed by atoms with E-state index in [9.17, 15) is 4.79 Å². The maximum Gasteiger partial charge on any atom is 0.266 e. The number of Topliss-reactive ketones (excluding diaryl/α,β-unsaturated/α-hetero) is 1. The van der Waals surface area contributed by atoms with Gasteiger partial charge in [-0.3, -0.25) is 9.78 Å². The van der Waals surface area contributed by atoms with E-state index in [0.29, 0.717) is 23.0 Å². The zero-order chi connectivity index (χ0) is 16.7. The van der Waals surface area contributed by atoms with Gasteiger partial charge < -0.3 is 4.42 Å². The van der Waals surface area contributed by atoms with Crippen LogP contribution in [0.15, 0.2) is 41.1 Å². The molecule has 1 aliphatic rings. The number of carbonyl (C=O) groups excluding carboxylic acids is 1. The van der Waals surface area contributed by atoms with Crippen molar-refractivity contribution in [2.24, 2.45) is 5.41 Å². The van der Waals surface area contributed by atoms with Crippen molar-refractivity contribution in [3.8, 4) is 23.0 Å². The molecule has 0 amide bonds. The number of hydrogen-bond donors (Lipinski definition) is 0. The summed E-state index contributed by atoms with van der Waals surface area (Å²) in [5, 5.41) is 8.12. The van der Waals surface area contributed by atoms with Crippen molar-refractivity contribution < 1.29 is 9.21 Å². The summed E-state index contributed by atoms with van der Waals surface area (Å²) in [6.45, 7) is 3.95. The predicted octanol–water partition coefficient (Wildman–Crippen LogP) is 3.35. The fraction of sp³-hybridized carbons (Fsp3) is 0.278. The smallest absolute Gasteiger partial charge is 0.266 e. The molecule has 1 aliphatic carbocycles. The van der Waals surface area contributed by atoms with Crippen molar-refractivity contribution in [2.75, 3.05) is 0 Å². The quantitative estimate of drug-likeness (QED) is 0.720. The Balaban J connectivity index is 1.70. The first-order chi connectivity index (χ1) is 11.5. The van der Waals surface area contributed by atoms with Crippen LogP contribution >= 0.6 is 0 Å². The summed E-state index contributed by atoms with van der Waals surface area (Å²) in [7, 11) is 0. The number of aryl methyl sites for hydroxylation is 1. The highest BCUT2D eigenvalue weighted by atomic mass is 16.4. The van der Waals surface area contributed by atoms with Gasteiger partial charge in [0.1, 0.15) is 5.69 Å². The van der Waals surface area contributed by atoms with E-state index >= 15 is 0 Å². The van der Waals surface area contributed by atoms with E-state index in [-0.39, 0.29) is 11.2 Å². The van der Waals surface area contributed by atoms with Crippen LogP contribution in [-0.4, -0.2) is 25.9 Å². The molecule has 3 aromatic heterocycles. The maximum atomic E-state index is 12.5. The van der Waals surface area contributed by atoms with Crippen molar-refractivity contribution >= 4 is 5.78 Å². The fourth-order valence-corrected chi connectivity index (χ4v) is 2.86. The molecule has 6 nitrogen and oxygen atoms in total. The van der Waals surface area contributed by atoms with E-state index in [2.05, 4.69) is 20.2 Å². The standard InChI is InChI=1S/C18H16N4O2/c1-18(2)8-7-13-12(15(18)23)5-6-14(20-13)17-22-21-16(24-17)11-4-3-9-19-10-11/h3-6,9-10H,7-8H2,1-2H3. The van der Waals surface area contributed by atoms with Crippen LogP contribution < -0.4 is 0 Å². The molecule has 0 N–H and O–H groups in total. The number of carbonyl (C=O) groups is 1. The van der Waals surface area contributed by atoms with E-state index < -0.39 is 0 Å². The first-order valence-electron chi connectivity index (χ1n) is 7.84. The van der Waals surface area contributed by atoms with Crippen LogP contribution in [0.3, 0.4) is 0 Å². The molecule has 3 heterocycles. The van der Waals surface area contributed by atoms with Crippen LogP contribution in [0.25, 0.3) is 23.0 Å². The van der Waals surface area contributed by atoms with Gasteiger partial charge >= 0.3 is 0 Å². The molecule has 0 atom stereocenters. The normalized spacial score (nSPS) is 16.0. The Morgan fingerprint density at radius 3 is 2.75 bits per heavy atom. The lowest BCUT2D eigenvalue weighted by Crippen LogP contribution is -2.31. The van der Waals surface area contributed by atoms with E-state index in [1.165, 1.54) is 0 Å². The molecule has 0 saturated heterocycles. The average molecular weight is 320 g/mol. The lowest BCUT2D eigenvalue weighted by atomic mass is 9.75. The van der Waals surface area contributed by atoms with Gasteiger partial charge in [-0.1, -0.05) is 13.8 Å². The molecule has 0 aromatic carbocycles. The Hall–Kier alpha value is -2.89. The molecule has 0 spiro atoms. The van der Waals surface area contributed by atoms with Crippen molar-refractivity contribution in [3.05, 3.63) is 47.9 Å². The second kappa shape index (κ2) is 5.33. The summed E-state index contributed by atoms with van der Waals surface area (Å²) in [6.07, 6.45) is 4.91. The van der Waals surface area contributed by atoms with Crippen molar-refractivity contribution in [1.82, 2.24) is 20.2 Å². The number of nitrogens with zero attached hydrogens (tertiary/aromatic N) is 4. The third-order valence-corrected chi connectivity index (χ3v) is 4.37. The first-order valence-corrected chi connectivity index (χ1v) is 7.84. The summed E-state index contributed by atoms with van der Waals surface area (Å²) in [5.41, 5.74) is 2.52. The van der Waals surface area contributed by atoms with Crippen molar-refractivity contribution in [1.29, 1.82) is 0 Å². The number of rotatable bonds is 2. The second-order valence-corrected chi connectivity index (χ2v) is 6.56. The summed E-state index contributed by atoms with van der Waals surface area (Å²) in [4.78, 5) is 21.1. The monoisotopic (exact) mass is 320 g/mol. The second-order valence-electron chi connectivity index (χ2n) is 6.56. The lowest BCUT2D eigenvalue weighted by molar-refractivity contribution is 0.0809. The largest absolute Gasteiger partial charge is 0.415 e. The molecule has 120 valence electrons. The van der Waals surface area contributed by atoms with Gasteiger partial charge in [-0.25, -0.2) is 4.98 Å². The lowest BCUT2D eigenvalue weighted by Gasteiger charge is -2.28. The highest BCUT2D eigenvalue weighted by Gasteiger charge is 2.35. The van der Waals surface area contributed by atoms with Crippen LogP contribution in [0.2, 0.25) is 0 Å². The predicted molar refractivity (Wildman–Crippen MR) is 87.2 cm³/mol. The van der Waals surface area contributed by atoms with Gasteiger partial charge in [-0.2, -0.15) is 0 Å². The van der Waals surface area contributed by atoms with E-state index in [1.807, 2.05) is 32.0 Å². The van der Waals surface area contributed by atoms with E-state index in [0.717, 1.165) is 24.1 Å². The summed E-state index contributed by atoms with van der Waals surface area (Å²) >= 11 is 0. The van der Waals surface area contributed by atoms with Gasteiger partial charge in [0.2, 0.25) is 5.89 Å². The molecule has 6 heteroatoms. The molecule has 0 aliphatic heterocycles. The Morgan fingerprint density at radius 2 is 1.96 bits per heavy atom. The third kappa shape index (κ3) is 2.40. The third-order valence-electron chi connectivity index (χ3n) is 4.37. The molecule has 0 radical (unpaired) electrons. The van der Waals surface area contributed by atoms with Gasteiger partial charge in [0.25, 0.3) is 5.89 Å². The van der Waals surface area contributed by atoms with Gasteiger partial charge in [0.15, 0.2) is 5.78 Å². The number of pyridine rings is 2. The molecule has 0 unspecified atom stereocenters. The summed E-state index contributed by atoms with van der Waals surface area (Å²) in [6, 6.07) is 7.24. The highest BCUT2D eigenvalue weighted by Crippen LogP contribution is 2.35. The molecular weight excluding hydrogens is 304 g/mol. The molecule has 4 rings (SSSR count). The molecule has 3 aromatic rings. The Morgan fingerprint density at radius 1 is 1.12 bits per heavy atom. The van der Waals surface area contributed by atoms with Gasteiger partial charge in [-0.15, -0.1) is 10.2 Å². The van der Waals surface area contributed by atoms with Crippen LogP contribution in [0.4, 0.5) is 0 Å². The number of ketones is 1. The number of aromatic nitrogens is 4. The van der Waals surface area contributed by atoms with Crippen LogP contribution in [0.1, 0.15) is 36.3 Å². The zero-order valence-corrected chi connectivity index (χ0v) is 13.5. The minimum atomic E-state index is -0.325. The Kier molecular flexibility index (Phi) is 3.26. The summed E-state index contributed by atoms with van der Waals surface area (Å²) in [5.74, 6) is 0.883. The van der Waals surface area contributed by atoms with Gasteiger partial charge in [0, 0.05) is 23.4 Å². The van der Waals surface area contributed by atoms with Crippen LogP contribution in [0.5, 0.6) is 0 Å². The van der Waals surface area contributed by atoms with Crippen molar-refractivity contribution in [3.63, 3.8) is 0 Å². The van der Waals surface area contributed by atoms with Gasteiger partial charge in [-0.05, 0) is 37.1 Å². The number of fused-ring (bicyclic) bond motifs is 1. The highest BCUT2D eigenvalue weighted by molar-refractivity contribution is 6.02. The minimum Gasteiger partial charge on any atom is -0.415 e. The summed E-state index contributed by atoms with van der Waals surface area (Å²) < 4.78 is 5.70. The Bertz CT molecular complexity index is 916. The average Bonchev–Trinajstić information content (AvgIpc) is 3.09.